The normalized spacial score (nSPS) is 11.1. The second-order valence-electron chi connectivity index (χ2n) is 8.20. The Morgan fingerprint density at radius 3 is 1.25 bits per heavy atom. The molecule has 5 aromatic carbocycles. The van der Waals surface area contributed by atoms with Crippen molar-refractivity contribution in [1.82, 2.24) is 0 Å². The van der Waals surface area contributed by atoms with Crippen LogP contribution in [0.15, 0.2) is 157 Å². The van der Waals surface area contributed by atoms with Gasteiger partial charge in [-0.05, 0) is 72.3 Å². The number of anilines is 5. The fourth-order valence-corrected chi connectivity index (χ4v) is 4.02. The molecule has 0 amide bonds. The first kappa shape index (κ1) is 22.9. The Labute approximate surface area is 212 Å². The van der Waals surface area contributed by atoms with Crippen molar-refractivity contribution in [3.63, 3.8) is 0 Å². The summed E-state index contributed by atoms with van der Waals surface area (Å²) in [5.41, 5.74) is 6.50. The molecule has 0 spiro atoms. The molecule has 3 heteroatoms. The molecule has 5 aromatic rings. The lowest BCUT2D eigenvalue weighted by atomic mass is 10.1. The molecular formula is C33H27N3. The third-order valence-electron chi connectivity index (χ3n) is 5.74. The van der Waals surface area contributed by atoms with Crippen LogP contribution >= 0.6 is 0 Å². The molecule has 0 aliphatic carbocycles. The summed E-state index contributed by atoms with van der Waals surface area (Å²) in [7, 11) is 0. The highest BCUT2D eigenvalue weighted by Crippen LogP contribution is 2.34. The number of allylic oxidation sites excluding steroid dienone is 1. The molecule has 174 valence electrons. The average Bonchev–Trinajstić information content (AvgIpc) is 2.96. The molecule has 0 saturated carbocycles. The van der Waals surface area contributed by atoms with Gasteiger partial charge in [0.05, 0.1) is 11.4 Å². The minimum Gasteiger partial charge on any atom is -0.311 e. The van der Waals surface area contributed by atoms with Crippen LogP contribution in [0.5, 0.6) is 0 Å². The summed E-state index contributed by atoms with van der Waals surface area (Å²) in [4.78, 5) is 2.26. The van der Waals surface area contributed by atoms with E-state index in [1.807, 2.05) is 65.8 Å². The summed E-state index contributed by atoms with van der Waals surface area (Å²) in [6.07, 6.45) is 5.87. The molecule has 5 rings (SSSR count). The summed E-state index contributed by atoms with van der Waals surface area (Å²) in [5, 5.41) is 6.65. The Balaban J connectivity index is 1.35. The summed E-state index contributed by atoms with van der Waals surface area (Å²) < 4.78 is 0. The van der Waals surface area contributed by atoms with Gasteiger partial charge in [-0.3, -0.25) is 0 Å². The Morgan fingerprint density at radius 2 is 0.806 bits per heavy atom. The van der Waals surface area contributed by atoms with E-state index in [2.05, 4.69) is 108 Å². The molecule has 0 aromatic heterocycles. The quantitative estimate of drug-likeness (QED) is 0.168. The topological polar surface area (TPSA) is 18.8 Å². The molecule has 36 heavy (non-hydrogen) atoms. The van der Waals surface area contributed by atoms with Gasteiger partial charge >= 0.3 is 0 Å². The molecule has 3 nitrogen and oxygen atoms in total. The minimum atomic E-state index is 1.01. The van der Waals surface area contributed by atoms with E-state index in [1.165, 1.54) is 0 Å². The van der Waals surface area contributed by atoms with Crippen LogP contribution in [-0.4, -0.2) is 6.21 Å². The van der Waals surface area contributed by atoms with Crippen LogP contribution in [-0.2, 0) is 0 Å². The van der Waals surface area contributed by atoms with Crippen LogP contribution in [0.2, 0.25) is 0 Å². The van der Waals surface area contributed by atoms with Gasteiger partial charge in [-0.2, -0.15) is 5.10 Å². The summed E-state index contributed by atoms with van der Waals surface area (Å²) in [6.45, 7) is 0. The highest BCUT2D eigenvalue weighted by Gasteiger charge is 2.11. The molecule has 0 saturated heterocycles. The molecule has 0 heterocycles. The van der Waals surface area contributed by atoms with Gasteiger partial charge < -0.3 is 4.90 Å². The Bertz CT molecular complexity index is 1320. The Kier molecular flexibility index (Phi) is 7.31. The lowest BCUT2D eigenvalue weighted by molar-refractivity contribution is 1.09. The number of para-hydroxylation sites is 4. The van der Waals surface area contributed by atoms with Crippen LogP contribution in [0, 0.1) is 0 Å². The smallest absolute Gasteiger partial charge is 0.0652 e. The maximum atomic E-state index is 4.72. The van der Waals surface area contributed by atoms with E-state index < -0.39 is 0 Å². The third kappa shape index (κ3) is 5.60. The van der Waals surface area contributed by atoms with Gasteiger partial charge in [-0.15, -0.1) is 0 Å². The minimum absolute atomic E-state index is 1.01. The predicted molar refractivity (Wildman–Crippen MR) is 154 cm³/mol. The first-order chi connectivity index (χ1) is 17.9. The average molecular weight is 466 g/mol. The maximum absolute atomic E-state index is 4.72. The second-order valence-corrected chi connectivity index (χ2v) is 8.20. The molecule has 0 bridgehead atoms. The van der Waals surface area contributed by atoms with Crippen LogP contribution in [0.3, 0.4) is 0 Å². The largest absolute Gasteiger partial charge is 0.311 e. The van der Waals surface area contributed by atoms with Gasteiger partial charge in [0.2, 0.25) is 0 Å². The van der Waals surface area contributed by atoms with Crippen LogP contribution in [0.1, 0.15) is 5.56 Å². The zero-order valence-electron chi connectivity index (χ0n) is 19.9. The maximum Gasteiger partial charge on any atom is 0.0652 e. The summed E-state index contributed by atoms with van der Waals surface area (Å²) in [6, 6.07) is 49.7. The van der Waals surface area contributed by atoms with Crippen molar-refractivity contribution in [2.45, 2.75) is 0 Å². The third-order valence-corrected chi connectivity index (χ3v) is 5.74. The standard InChI is InChI=1S/C33H27N3/c1-5-15-29(16-6-1)35(30-17-7-2-8-18-30)31-25-23-28(24-26-31)14-13-27-34-36(32-19-9-3-10-20-32)33-21-11-4-12-22-33/h1-27H. The second kappa shape index (κ2) is 11.5. The van der Waals surface area contributed by atoms with Gasteiger partial charge in [-0.25, -0.2) is 5.01 Å². The van der Waals surface area contributed by atoms with E-state index in [-0.39, 0.29) is 0 Å². The molecular weight excluding hydrogens is 438 g/mol. The van der Waals surface area contributed by atoms with Crippen molar-refractivity contribution in [1.29, 1.82) is 0 Å². The first-order valence-electron chi connectivity index (χ1n) is 12.0. The number of hydrazone groups is 1. The molecule has 0 N–H and O–H groups in total. The van der Waals surface area contributed by atoms with E-state index in [0.29, 0.717) is 0 Å². The van der Waals surface area contributed by atoms with E-state index in [4.69, 9.17) is 5.10 Å². The fraction of sp³-hybridized carbons (Fsp3) is 0. The predicted octanol–water partition coefficient (Wildman–Crippen LogP) is 8.99. The zero-order valence-corrected chi connectivity index (χ0v) is 19.9. The van der Waals surface area contributed by atoms with Gasteiger partial charge in [0, 0.05) is 23.3 Å². The lowest BCUT2D eigenvalue weighted by Crippen LogP contribution is -2.09. The number of nitrogens with zero attached hydrogens (tertiary/aromatic N) is 3. The van der Waals surface area contributed by atoms with Gasteiger partial charge in [0.15, 0.2) is 0 Å². The van der Waals surface area contributed by atoms with Gasteiger partial charge in [-0.1, -0.05) is 91.0 Å². The van der Waals surface area contributed by atoms with Crippen LogP contribution in [0.25, 0.3) is 6.08 Å². The van der Waals surface area contributed by atoms with E-state index in [9.17, 15) is 0 Å². The van der Waals surface area contributed by atoms with Crippen LogP contribution < -0.4 is 9.91 Å². The molecule has 0 aliphatic rings. The number of rotatable bonds is 8. The van der Waals surface area contributed by atoms with Crippen LogP contribution in [0.4, 0.5) is 28.4 Å². The van der Waals surface area contributed by atoms with E-state index >= 15 is 0 Å². The fourth-order valence-electron chi connectivity index (χ4n) is 4.02. The lowest BCUT2D eigenvalue weighted by Gasteiger charge is -2.25. The van der Waals surface area contributed by atoms with Gasteiger partial charge in [0.25, 0.3) is 0 Å². The van der Waals surface area contributed by atoms with E-state index in [1.54, 1.807) is 0 Å². The SMILES string of the molecule is C(=Cc1ccc(N(c2ccccc2)c2ccccc2)cc1)C=NN(c1ccccc1)c1ccccc1. The first-order valence-corrected chi connectivity index (χ1v) is 12.0. The summed E-state index contributed by atoms with van der Waals surface area (Å²) in [5.74, 6) is 0. The number of hydrogen-bond donors (Lipinski definition) is 0. The summed E-state index contributed by atoms with van der Waals surface area (Å²) >= 11 is 0. The van der Waals surface area contributed by atoms with Crippen molar-refractivity contribution in [3.05, 3.63) is 157 Å². The molecule has 0 atom stereocenters. The molecule has 0 fully saturated rings. The van der Waals surface area contributed by atoms with E-state index in [0.717, 1.165) is 34.0 Å². The number of benzene rings is 5. The Hall–Kier alpha value is -4.89. The monoisotopic (exact) mass is 465 g/mol. The molecule has 0 unspecified atom stereocenters. The highest BCUT2D eigenvalue weighted by molar-refractivity contribution is 5.81. The Morgan fingerprint density at radius 1 is 0.417 bits per heavy atom. The van der Waals surface area contributed by atoms with Crippen molar-refractivity contribution < 1.29 is 0 Å². The van der Waals surface area contributed by atoms with Gasteiger partial charge in [0.1, 0.15) is 0 Å². The van der Waals surface area contributed by atoms with Crippen molar-refractivity contribution in [2.75, 3.05) is 9.91 Å². The van der Waals surface area contributed by atoms with Crippen molar-refractivity contribution in [3.8, 4) is 0 Å². The number of hydrogen-bond acceptors (Lipinski definition) is 3. The highest BCUT2D eigenvalue weighted by atomic mass is 15.5. The zero-order chi connectivity index (χ0) is 24.4. The molecule has 0 radical (unpaired) electrons. The molecule has 0 aliphatic heterocycles. The van der Waals surface area contributed by atoms with Crippen molar-refractivity contribution in [2.24, 2.45) is 5.10 Å². The van der Waals surface area contributed by atoms with Crippen molar-refractivity contribution >= 4 is 40.7 Å².